The van der Waals surface area contributed by atoms with Crippen LogP contribution in [0.1, 0.15) is 68.1 Å². The molecule has 35 heavy (non-hydrogen) atoms. The van der Waals surface area contributed by atoms with Crippen LogP contribution in [0.5, 0.6) is 5.88 Å². The summed E-state index contributed by atoms with van der Waals surface area (Å²) in [5.74, 6) is 1.27. The van der Waals surface area contributed by atoms with E-state index in [1.165, 1.54) is 11.9 Å². The van der Waals surface area contributed by atoms with Crippen LogP contribution in [0.3, 0.4) is 0 Å². The summed E-state index contributed by atoms with van der Waals surface area (Å²) in [6, 6.07) is 13.8. The second kappa shape index (κ2) is 9.30. The van der Waals surface area contributed by atoms with Crippen LogP contribution in [0, 0.1) is 0 Å². The number of halogens is 1. The number of hydrogen-bond donors (Lipinski definition) is 2. The molecule has 3 aromatic rings. The zero-order valence-corrected chi connectivity index (χ0v) is 21.3. The molecule has 1 aliphatic heterocycles. The van der Waals surface area contributed by atoms with Crippen molar-refractivity contribution in [1.82, 2.24) is 9.97 Å². The van der Waals surface area contributed by atoms with E-state index in [4.69, 9.17) is 27.1 Å². The number of aliphatic imine (C=N–C) groups is 1. The van der Waals surface area contributed by atoms with Crippen molar-refractivity contribution >= 4 is 42.2 Å². The number of ether oxygens (including phenoxy) is 1. The summed E-state index contributed by atoms with van der Waals surface area (Å²) in [7, 11) is -2.45. The van der Waals surface area contributed by atoms with Crippen molar-refractivity contribution in [2.75, 3.05) is 5.73 Å². The molecule has 180 valence electrons. The first kappa shape index (κ1) is 23.9. The lowest BCUT2D eigenvalue weighted by molar-refractivity contribution is 0.171. The summed E-state index contributed by atoms with van der Waals surface area (Å²) in [5.41, 5.74) is 9.72. The van der Waals surface area contributed by atoms with Crippen molar-refractivity contribution in [2.45, 2.75) is 57.0 Å². The van der Waals surface area contributed by atoms with Gasteiger partial charge in [-0.1, -0.05) is 48.4 Å². The van der Waals surface area contributed by atoms with Gasteiger partial charge in [0.05, 0.1) is 5.71 Å². The molecule has 2 unspecified atom stereocenters. The van der Waals surface area contributed by atoms with E-state index in [0.717, 1.165) is 42.5 Å². The van der Waals surface area contributed by atoms with Gasteiger partial charge in [-0.2, -0.15) is 9.88 Å². The number of nitrogen functional groups attached to an aromatic ring is 1. The van der Waals surface area contributed by atoms with E-state index in [0.29, 0.717) is 33.6 Å². The second-order valence-corrected chi connectivity index (χ2v) is 11.1. The van der Waals surface area contributed by atoms with Crippen LogP contribution in [0.4, 0.5) is 11.5 Å². The second-order valence-electron chi connectivity index (χ2n) is 9.64. The average Bonchev–Trinajstić information content (AvgIpc) is 2.83. The molecular formula is C26H27ClN4O3P+. The van der Waals surface area contributed by atoms with Gasteiger partial charge in [0.25, 0.3) is 0 Å². The van der Waals surface area contributed by atoms with Crippen molar-refractivity contribution < 1.29 is 14.2 Å². The van der Waals surface area contributed by atoms with E-state index in [2.05, 4.69) is 34.2 Å². The molecule has 3 N–H and O–H groups in total. The average molecular weight is 510 g/mol. The fourth-order valence-electron chi connectivity index (χ4n) is 5.22. The van der Waals surface area contributed by atoms with Crippen LogP contribution in [0.2, 0.25) is 5.02 Å². The molecule has 2 aromatic carbocycles. The van der Waals surface area contributed by atoms with E-state index in [9.17, 15) is 9.46 Å². The Morgan fingerprint density at radius 2 is 1.86 bits per heavy atom. The predicted molar refractivity (Wildman–Crippen MR) is 139 cm³/mol. The number of hydrogen-bond acceptors (Lipinski definition) is 6. The number of anilines is 1. The van der Waals surface area contributed by atoms with Crippen LogP contribution < -0.4 is 15.8 Å². The van der Waals surface area contributed by atoms with Gasteiger partial charge in [0, 0.05) is 22.2 Å². The highest BCUT2D eigenvalue weighted by Gasteiger charge is 2.36. The van der Waals surface area contributed by atoms with Gasteiger partial charge in [0.2, 0.25) is 11.2 Å². The van der Waals surface area contributed by atoms with Crippen LogP contribution >= 0.6 is 19.6 Å². The Kier molecular flexibility index (Phi) is 6.34. The van der Waals surface area contributed by atoms with Gasteiger partial charge in [-0.3, -0.25) is 0 Å². The largest absolute Gasteiger partial charge is 0.546 e. The lowest BCUT2D eigenvalue weighted by atomic mass is 9.75. The first-order chi connectivity index (χ1) is 16.7. The Balaban J connectivity index is 1.41. The van der Waals surface area contributed by atoms with E-state index >= 15 is 0 Å². The number of benzene rings is 2. The highest BCUT2D eigenvalue weighted by atomic mass is 35.5. The van der Waals surface area contributed by atoms with Gasteiger partial charge in [0.1, 0.15) is 11.9 Å². The first-order valence-corrected chi connectivity index (χ1v) is 13.3. The zero-order valence-electron chi connectivity index (χ0n) is 19.6. The molecule has 1 aromatic heterocycles. The minimum Gasteiger partial charge on any atom is -0.463 e. The standard InChI is InChI=1S/C26H26ClN4O3P/c1-26(2)23(31-22-24(28)29-14-30-25(22)34-26)16-8-6-15(7-9-16)17-4-3-5-18(12-17)20-11-10-19(27)13-21(20)35(32)33/h6-11,13-14,17-18H,3-5,12H2,1-2H3,(H2-,28,29,30,32,33)/p+1/t17-,18?/m0/s1. The third kappa shape index (κ3) is 4.68. The molecule has 7 nitrogen and oxygen atoms in total. The molecule has 0 spiro atoms. The van der Waals surface area contributed by atoms with Crippen molar-refractivity contribution in [3.8, 4) is 5.88 Å². The van der Waals surface area contributed by atoms with Crippen molar-refractivity contribution in [1.29, 1.82) is 0 Å². The quantitative estimate of drug-likeness (QED) is 0.430. The van der Waals surface area contributed by atoms with Crippen molar-refractivity contribution in [3.05, 3.63) is 70.5 Å². The molecule has 5 rings (SSSR count). The summed E-state index contributed by atoms with van der Waals surface area (Å²) in [4.78, 5) is 22.8. The first-order valence-electron chi connectivity index (χ1n) is 11.7. The van der Waals surface area contributed by atoms with E-state index in [1.807, 2.05) is 26.0 Å². The maximum absolute atomic E-state index is 12.0. The molecular weight excluding hydrogens is 483 g/mol. The summed E-state index contributed by atoms with van der Waals surface area (Å²) in [5, 5.41) is 0.937. The summed E-state index contributed by atoms with van der Waals surface area (Å²) >= 11 is 6.09. The minimum absolute atomic E-state index is 0.223. The fraction of sp³-hybridized carbons (Fsp3) is 0.346. The van der Waals surface area contributed by atoms with Gasteiger partial charge >= 0.3 is 8.03 Å². The van der Waals surface area contributed by atoms with Crippen molar-refractivity contribution in [3.63, 3.8) is 0 Å². The van der Waals surface area contributed by atoms with E-state index < -0.39 is 13.6 Å². The van der Waals surface area contributed by atoms with Crippen molar-refractivity contribution in [2.24, 2.45) is 4.99 Å². The van der Waals surface area contributed by atoms with Crippen LogP contribution in [0.25, 0.3) is 0 Å². The Hall–Kier alpha value is -2.86. The minimum atomic E-state index is -2.45. The van der Waals surface area contributed by atoms with Gasteiger partial charge < -0.3 is 10.5 Å². The van der Waals surface area contributed by atoms with Gasteiger partial charge in [-0.25, -0.2) is 9.98 Å². The molecule has 1 aliphatic carbocycles. The highest BCUT2D eigenvalue weighted by Crippen LogP contribution is 2.43. The maximum atomic E-state index is 12.0. The molecule has 0 bridgehead atoms. The summed E-state index contributed by atoms with van der Waals surface area (Å²) < 4.78 is 18.1. The number of fused-ring (bicyclic) bond motifs is 1. The highest BCUT2D eigenvalue weighted by molar-refractivity contribution is 7.47. The monoisotopic (exact) mass is 509 g/mol. The zero-order chi connectivity index (χ0) is 24.7. The fourth-order valence-corrected chi connectivity index (χ4v) is 6.20. The lowest BCUT2D eigenvalue weighted by Gasteiger charge is -2.32. The number of nitrogens with zero attached hydrogens (tertiary/aromatic N) is 3. The molecule has 1 fully saturated rings. The SMILES string of the molecule is CC1(C)Oc2ncnc(N)c2N=C1c1ccc([C@H]2CCCC(c3ccc(Cl)cc3[P+](=O)O)C2)cc1. The maximum Gasteiger partial charge on any atom is 0.546 e. The molecule has 0 radical (unpaired) electrons. The van der Waals surface area contributed by atoms with E-state index in [1.54, 1.807) is 6.07 Å². The van der Waals surface area contributed by atoms with Crippen LogP contribution in [-0.2, 0) is 4.57 Å². The topological polar surface area (TPSA) is 111 Å². The number of rotatable bonds is 4. The Bertz CT molecular complexity index is 1330. The van der Waals surface area contributed by atoms with Gasteiger partial charge in [-0.05, 0) is 61.1 Å². The summed E-state index contributed by atoms with van der Waals surface area (Å²) in [6.07, 6.45) is 5.44. The Morgan fingerprint density at radius 1 is 1.11 bits per heavy atom. The normalized spacial score (nSPS) is 21.5. The molecule has 2 heterocycles. The van der Waals surface area contributed by atoms with Gasteiger partial charge in [-0.15, -0.1) is 0 Å². The summed E-state index contributed by atoms with van der Waals surface area (Å²) in [6.45, 7) is 3.92. The predicted octanol–water partition coefficient (Wildman–Crippen LogP) is 5.81. The van der Waals surface area contributed by atoms with Gasteiger partial charge in [0.15, 0.2) is 11.5 Å². The smallest absolute Gasteiger partial charge is 0.463 e. The molecule has 2 aliphatic rings. The Labute approximate surface area is 210 Å². The number of nitrogens with two attached hydrogens (primary N) is 1. The van der Waals surface area contributed by atoms with Crippen LogP contribution in [-0.4, -0.2) is 26.2 Å². The molecule has 1 saturated carbocycles. The van der Waals surface area contributed by atoms with Crippen LogP contribution in [0.15, 0.2) is 53.8 Å². The molecule has 9 heteroatoms. The number of aromatic nitrogens is 2. The van der Waals surface area contributed by atoms with E-state index in [-0.39, 0.29) is 5.92 Å². The lowest BCUT2D eigenvalue weighted by Crippen LogP contribution is -2.41. The molecule has 0 saturated heterocycles. The third-order valence-corrected chi connectivity index (χ3v) is 7.97. The molecule has 3 atom stereocenters. The molecule has 0 amide bonds. The Morgan fingerprint density at radius 3 is 2.60 bits per heavy atom. The third-order valence-electron chi connectivity index (χ3n) is 6.93.